The fourth-order valence-corrected chi connectivity index (χ4v) is 2.74. The summed E-state index contributed by atoms with van der Waals surface area (Å²) in [6.45, 7) is 1.56. The van der Waals surface area contributed by atoms with Crippen molar-refractivity contribution in [3.05, 3.63) is 62.1 Å². The minimum absolute atomic E-state index is 0.122. The second kappa shape index (κ2) is 10.2. The van der Waals surface area contributed by atoms with Crippen molar-refractivity contribution in [3.8, 4) is 11.5 Å². The number of hydrogen-bond donors (Lipinski definition) is 2. The number of non-ortho nitro benzene ring substituents is 1. The second-order valence-electron chi connectivity index (χ2n) is 5.45. The quantitative estimate of drug-likeness (QED) is 0.329. The number of carbonyl (C=O) groups excluding carboxylic acids is 1. The van der Waals surface area contributed by atoms with E-state index < -0.39 is 23.4 Å². The number of carbonyl (C=O) groups is 2. The van der Waals surface area contributed by atoms with Gasteiger partial charge in [0.15, 0.2) is 18.1 Å². The number of nitro benzene ring substituents is 1. The molecule has 0 saturated carbocycles. The molecule has 0 aliphatic carbocycles. The molecule has 2 rings (SSSR count). The number of aliphatic carboxylic acids is 1. The van der Waals surface area contributed by atoms with Crippen LogP contribution in [-0.4, -0.2) is 41.3 Å². The standard InChI is InChI=1S/C18H16BrN3O7/c1-2-28-15-8-11(7-14(19)17(15)29-10-16(23)24)9-20-21-18(25)12-3-5-13(6-4-12)22(26)27/h3-9H,2,10H2,1H3,(H,21,25)(H,23,24)/b20-9-. The number of halogens is 1. The predicted octanol–water partition coefficient (Wildman–Crippen LogP) is 2.98. The number of benzene rings is 2. The van der Waals surface area contributed by atoms with Gasteiger partial charge in [0.2, 0.25) is 0 Å². The van der Waals surface area contributed by atoms with Crippen LogP contribution in [0.15, 0.2) is 46.0 Å². The van der Waals surface area contributed by atoms with Gasteiger partial charge in [0.05, 0.1) is 22.2 Å². The lowest BCUT2D eigenvalue weighted by Gasteiger charge is -2.13. The van der Waals surface area contributed by atoms with E-state index in [1.165, 1.54) is 30.5 Å². The Hall–Kier alpha value is -3.47. The first-order chi connectivity index (χ1) is 13.8. The van der Waals surface area contributed by atoms with Crippen LogP contribution in [0.1, 0.15) is 22.8 Å². The number of rotatable bonds is 9. The Morgan fingerprint density at radius 3 is 2.55 bits per heavy atom. The molecular weight excluding hydrogens is 450 g/mol. The van der Waals surface area contributed by atoms with Gasteiger partial charge in [-0.25, -0.2) is 10.2 Å². The molecule has 0 atom stereocenters. The van der Waals surface area contributed by atoms with Crippen molar-refractivity contribution in [2.75, 3.05) is 13.2 Å². The fraction of sp³-hybridized carbons (Fsp3) is 0.167. The molecule has 0 radical (unpaired) electrons. The van der Waals surface area contributed by atoms with Gasteiger partial charge in [-0.15, -0.1) is 0 Å². The summed E-state index contributed by atoms with van der Waals surface area (Å²) in [6, 6.07) is 8.27. The number of nitro groups is 1. The van der Waals surface area contributed by atoms with E-state index in [0.29, 0.717) is 22.4 Å². The summed E-state index contributed by atoms with van der Waals surface area (Å²) in [6.07, 6.45) is 1.36. The first-order valence-corrected chi connectivity index (χ1v) is 9.00. The minimum Gasteiger partial charge on any atom is -0.490 e. The van der Waals surface area contributed by atoms with Crippen molar-refractivity contribution in [1.29, 1.82) is 0 Å². The van der Waals surface area contributed by atoms with Gasteiger partial charge < -0.3 is 14.6 Å². The Morgan fingerprint density at radius 2 is 1.97 bits per heavy atom. The zero-order valence-electron chi connectivity index (χ0n) is 15.1. The van der Waals surface area contributed by atoms with Crippen LogP contribution in [0, 0.1) is 10.1 Å². The summed E-state index contributed by atoms with van der Waals surface area (Å²) < 4.78 is 11.1. The smallest absolute Gasteiger partial charge is 0.341 e. The number of hydrogen-bond acceptors (Lipinski definition) is 7. The van der Waals surface area contributed by atoms with E-state index in [0.717, 1.165) is 0 Å². The van der Waals surface area contributed by atoms with Gasteiger partial charge in [0.1, 0.15) is 0 Å². The Labute approximate surface area is 173 Å². The number of carboxylic acid groups (broad SMARTS) is 1. The summed E-state index contributed by atoms with van der Waals surface area (Å²) in [5, 5.41) is 23.3. The molecule has 1 amide bonds. The molecule has 11 heteroatoms. The highest BCUT2D eigenvalue weighted by molar-refractivity contribution is 9.10. The molecule has 152 valence electrons. The van der Waals surface area contributed by atoms with Crippen LogP contribution < -0.4 is 14.9 Å². The van der Waals surface area contributed by atoms with Gasteiger partial charge >= 0.3 is 5.97 Å². The monoisotopic (exact) mass is 465 g/mol. The molecule has 0 fully saturated rings. The molecule has 0 aliphatic rings. The van der Waals surface area contributed by atoms with Crippen molar-refractivity contribution in [2.24, 2.45) is 5.10 Å². The Balaban J connectivity index is 2.11. The minimum atomic E-state index is -1.13. The maximum absolute atomic E-state index is 12.1. The van der Waals surface area contributed by atoms with Crippen LogP contribution in [0.2, 0.25) is 0 Å². The molecule has 0 spiro atoms. The molecule has 2 aromatic carbocycles. The third-order valence-electron chi connectivity index (χ3n) is 3.39. The van der Waals surface area contributed by atoms with Crippen molar-refractivity contribution in [3.63, 3.8) is 0 Å². The summed E-state index contributed by atoms with van der Waals surface area (Å²) in [4.78, 5) is 32.9. The molecule has 10 nitrogen and oxygen atoms in total. The van der Waals surface area contributed by atoms with E-state index >= 15 is 0 Å². The number of nitrogens with one attached hydrogen (secondary N) is 1. The molecule has 2 N–H and O–H groups in total. The van der Waals surface area contributed by atoms with E-state index in [4.69, 9.17) is 14.6 Å². The summed E-state index contributed by atoms with van der Waals surface area (Å²) in [7, 11) is 0. The molecule has 0 unspecified atom stereocenters. The van der Waals surface area contributed by atoms with Gasteiger partial charge in [-0.1, -0.05) is 0 Å². The van der Waals surface area contributed by atoms with Crippen LogP contribution in [0.4, 0.5) is 5.69 Å². The van der Waals surface area contributed by atoms with Gasteiger partial charge in [-0.05, 0) is 52.7 Å². The van der Waals surface area contributed by atoms with E-state index in [1.54, 1.807) is 19.1 Å². The van der Waals surface area contributed by atoms with Crippen molar-refractivity contribution in [1.82, 2.24) is 5.43 Å². The highest BCUT2D eigenvalue weighted by Crippen LogP contribution is 2.36. The summed E-state index contributed by atoms with van der Waals surface area (Å²) in [5.74, 6) is -1.12. The van der Waals surface area contributed by atoms with E-state index in [2.05, 4.69) is 26.5 Å². The fourth-order valence-electron chi connectivity index (χ4n) is 2.16. The number of amides is 1. The normalized spacial score (nSPS) is 10.6. The lowest BCUT2D eigenvalue weighted by molar-refractivity contribution is -0.384. The molecule has 0 aliphatic heterocycles. The Morgan fingerprint density at radius 1 is 1.28 bits per heavy atom. The van der Waals surface area contributed by atoms with Gasteiger partial charge in [0, 0.05) is 17.7 Å². The Kier molecular flexibility index (Phi) is 7.66. The lowest BCUT2D eigenvalue weighted by Crippen LogP contribution is -2.17. The van der Waals surface area contributed by atoms with Crippen LogP contribution in [0.25, 0.3) is 0 Å². The topological polar surface area (TPSA) is 140 Å². The number of carboxylic acids is 1. The van der Waals surface area contributed by atoms with E-state index in [1.807, 2.05) is 0 Å². The van der Waals surface area contributed by atoms with E-state index in [-0.39, 0.29) is 17.0 Å². The van der Waals surface area contributed by atoms with Crippen LogP contribution in [0.3, 0.4) is 0 Å². The maximum Gasteiger partial charge on any atom is 0.341 e. The third-order valence-corrected chi connectivity index (χ3v) is 3.98. The second-order valence-corrected chi connectivity index (χ2v) is 6.30. The molecular formula is C18H16BrN3O7. The van der Waals surface area contributed by atoms with Gasteiger partial charge in [-0.3, -0.25) is 14.9 Å². The largest absolute Gasteiger partial charge is 0.490 e. The first-order valence-electron chi connectivity index (χ1n) is 8.20. The lowest BCUT2D eigenvalue weighted by atomic mass is 10.2. The van der Waals surface area contributed by atoms with Crippen LogP contribution in [-0.2, 0) is 4.79 Å². The van der Waals surface area contributed by atoms with E-state index in [9.17, 15) is 19.7 Å². The zero-order chi connectivity index (χ0) is 21.4. The third kappa shape index (κ3) is 6.28. The number of hydrazone groups is 1. The molecule has 0 bridgehead atoms. The maximum atomic E-state index is 12.1. The Bertz CT molecular complexity index is 945. The molecule has 0 saturated heterocycles. The molecule has 29 heavy (non-hydrogen) atoms. The average molecular weight is 466 g/mol. The van der Waals surface area contributed by atoms with Gasteiger partial charge in [0.25, 0.3) is 11.6 Å². The van der Waals surface area contributed by atoms with Crippen molar-refractivity contribution < 1.29 is 29.1 Å². The number of ether oxygens (including phenoxy) is 2. The van der Waals surface area contributed by atoms with Crippen LogP contribution in [0.5, 0.6) is 11.5 Å². The van der Waals surface area contributed by atoms with Gasteiger partial charge in [-0.2, -0.15) is 5.10 Å². The van der Waals surface area contributed by atoms with Crippen molar-refractivity contribution >= 4 is 39.7 Å². The summed E-state index contributed by atoms with van der Waals surface area (Å²) >= 11 is 3.29. The first kappa shape index (κ1) is 21.8. The van der Waals surface area contributed by atoms with Crippen LogP contribution >= 0.6 is 15.9 Å². The zero-order valence-corrected chi connectivity index (χ0v) is 16.7. The van der Waals surface area contributed by atoms with Crippen molar-refractivity contribution in [2.45, 2.75) is 6.92 Å². The summed E-state index contributed by atoms with van der Waals surface area (Å²) in [5.41, 5.74) is 2.95. The molecule has 0 aromatic heterocycles. The highest BCUT2D eigenvalue weighted by Gasteiger charge is 2.13. The average Bonchev–Trinajstić information content (AvgIpc) is 2.67. The highest BCUT2D eigenvalue weighted by atomic mass is 79.9. The molecule has 0 heterocycles. The predicted molar refractivity (Wildman–Crippen MR) is 107 cm³/mol. The molecule has 2 aromatic rings. The SMILES string of the molecule is CCOc1cc(/C=N\NC(=O)c2ccc([N+](=O)[O-])cc2)cc(Br)c1OCC(=O)O. The number of nitrogens with zero attached hydrogens (tertiary/aromatic N) is 2.